The van der Waals surface area contributed by atoms with Gasteiger partial charge in [-0.2, -0.15) is 5.06 Å². The molecule has 1 saturated heterocycles. The summed E-state index contributed by atoms with van der Waals surface area (Å²) in [7, 11) is 0. The third kappa shape index (κ3) is 0.826. The molecule has 0 bridgehead atoms. The van der Waals surface area contributed by atoms with E-state index in [1.807, 2.05) is 0 Å². The zero-order valence-electron chi connectivity index (χ0n) is 10.0. The molecule has 3 aliphatic carbocycles. The van der Waals surface area contributed by atoms with Crippen molar-refractivity contribution in [2.75, 3.05) is 0 Å². The first-order valence-electron chi connectivity index (χ1n) is 6.48. The van der Waals surface area contributed by atoms with Gasteiger partial charge in [0.1, 0.15) is 0 Å². The Morgan fingerprint density at radius 1 is 1.20 bits per heavy atom. The van der Waals surface area contributed by atoms with E-state index in [2.05, 4.69) is 25.8 Å². The van der Waals surface area contributed by atoms with Crippen LogP contribution in [0.3, 0.4) is 0 Å². The van der Waals surface area contributed by atoms with Crippen LogP contribution in [-0.4, -0.2) is 22.2 Å². The molecule has 0 aromatic rings. The van der Waals surface area contributed by atoms with E-state index < -0.39 is 0 Å². The smallest absolute Gasteiger partial charge is 0.0976 e. The maximum atomic E-state index is 6.37. The Kier molecular flexibility index (Phi) is 1.29. The van der Waals surface area contributed by atoms with Gasteiger partial charge in [0, 0.05) is 17.0 Å². The molecule has 0 N–H and O–H groups in total. The van der Waals surface area contributed by atoms with Crippen LogP contribution in [0.4, 0.5) is 0 Å². The summed E-state index contributed by atoms with van der Waals surface area (Å²) in [5.41, 5.74) is 1.10. The Bertz CT molecular complexity index is 328. The largest absolute Gasteiger partial charge is 0.291 e. The second-order valence-electron chi connectivity index (χ2n) is 7.12. The van der Waals surface area contributed by atoms with E-state index in [4.69, 9.17) is 4.84 Å². The molecular formula is C13H21NO. The molecule has 2 nitrogen and oxygen atoms in total. The summed E-state index contributed by atoms with van der Waals surface area (Å²) >= 11 is 0. The molecule has 1 aliphatic heterocycles. The molecule has 4 aliphatic rings. The summed E-state index contributed by atoms with van der Waals surface area (Å²) in [6.07, 6.45) is 6.95. The Balaban J connectivity index is 1.76. The minimum atomic E-state index is 0.182. The molecule has 0 amide bonds. The molecule has 3 atom stereocenters. The van der Waals surface area contributed by atoms with Crippen molar-refractivity contribution in [3.63, 3.8) is 0 Å². The molecule has 0 aromatic carbocycles. The Labute approximate surface area is 91.9 Å². The fourth-order valence-electron chi connectivity index (χ4n) is 4.53. The highest BCUT2D eigenvalue weighted by Crippen LogP contribution is 2.80. The highest BCUT2D eigenvalue weighted by atomic mass is 16.7. The predicted octanol–water partition coefficient (Wildman–Crippen LogP) is 2.73. The van der Waals surface area contributed by atoms with Crippen LogP contribution in [0.2, 0.25) is 0 Å². The second kappa shape index (κ2) is 2.14. The van der Waals surface area contributed by atoms with Crippen molar-refractivity contribution >= 4 is 0 Å². The molecule has 0 radical (unpaired) electrons. The minimum absolute atomic E-state index is 0.182. The molecule has 84 valence electrons. The summed E-state index contributed by atoms with van der Waals surface area (Å²) in [5, 5.41) is 2.37. The summed E-state index contributed by atoms with van der Waals surface area (Å²) in [5.74, 6) is 1.01. The van der Waals surface area contributed by atoms with Gasteiger partial charge in [-0.05, 0) is 58.8 Å². The monoisotopic (exact) mass is 207 g/mol. The Morgan fingerprint density at radius 3 is 2.47 bits per heavy atom. The van der Waals surface area contributed by atoms with Gasteiger partial charge >= 0.3 is 0 Å². The van der Waals surface area contributed by atoms with Crippen molar-refractivity contribution < 1.29 is 4.84 Å². The average Bonchev–Trinajstić information content (AvgIpc) is 2.96. The second-order valence-corrected chi connectivity index (χ2v) is 7.12. The molecule has 1 heterocycles. The van der Waals surface area contributed by atoms with Crippen LogP contribution in [0, 0.1) is 11.3 Å². The zero-order valence-corrected chi connectivity index (χ0v) is 10.0. The summed E-state index contributed by atoms with van der Waals surface area (Å²) < 4.78 is 0. The van der Waals surface area contributed by atoms with E-state index in [1.165, 1.54) is 32.1 Å². The van der Waals surface area contributed by atoms with Crippen LogP contribution in [0.5, 0.6) is 0 Å². The van der Waals surface area contributed by atoms with Gasteiger partial charge in [-0.1, -0.05) is 0 Å². The van der Waals surface area contributed by atoms with Gasteiger partial charge in [0.15, 0.2) is 0 Å². The highest BCUT2D eigenvalue weighted by molar-refractivity contribution is 5.30. The SMILES string of the molecule is CC(C)(C)N1OC2(CC2)[C@]23C[C@@H]2CC[C@H]13. The predicted molar refractivity (Wildman–Crippen MR) is 58.2 cm³/mol. The molecule has 0 aromatic heterocycles. The van der Waals surface area contributed by atoms with Gasteiger partial charge in [-0.3, -0.25) is 4.84 Å². The lowest BCUT2D eigenvalue weighted by Gasteiger charge is -2.35. The number of hydrogen-bond donors (Lipinski definition) is 0. The van der Waals surface area contributed by atoms with Crippen molar-refractivity contribution in [3.8, 4) is 0 Å². The topological polar surface area (TPSA) is 12.5 Å². The van der Waals surface area contributed by atoms with Gasteiger partial charge in [0.05, 0.1) is 5.60 Å². The van der Waals surface area contributed by atoms with E-state index >= 15 is 0 Å². The van der Waals surface area contributed by atoms with E-state index in [9.17, 15) is 0 Å². The number of rotatable bonds is 0. The molecule has 4 fully saturated rings. The quantitative estimate of drug-likeness (QED) is 0.605. The molecule has 2 heteroatoms. The van der Waals surface area contributed by atoms with Crippen LogP contribution in [-0.2, 0) is 4.84 Å². The van der Waals surface area contributed by atoms with Crippen molar-refractivity contribution in [2.45, 2.75) is 70.1 Å². The molecule has 3 saturated carbocycles. The normalized spacial score (nSPS) is 50.6. The first kappa shape index (κ1) is 9.00. The van der Waals surface area contributed by atoms with Gasteiger partial charge in [-0.15, -0.1) is 0 Å². The number of hydrogen-bond acceptors (Lipinski definition) is 2. The fraction of sp³-hybridized carbons (Fsp3) is 1.00. The van der Waals surface area contributed by atoms with Crippen molar-refractivity contribution in [1.82, 2.24) is 5.06 Å². The minimum Gasteiger partial charge on any atom is -0.291 e. The van der Waals surface area contributed by atoms with Crippen LogP contribution >= 0.6 is 0 Å². The van der Waals surface area contributed by atoms with Crippen LogP contribution in [0.15, 0.2) is 0 Å². The lowest BCUT2D eigenvalue weighted by atomic mass is 9.89. The van der Waals surface area contributed by atoms with E-state index in [0.717, 1.165) is 12.0 Å². The third-order valence-electron chi connectivity index (χ3n) is 5.31. The molecular weight excluding hydrogens is 186 g/mol. The first-order chi connectivity index (χ1) is 7.00. The van der Waals surface area contributed by atoms with E-state index in [0.29, 0.717) is 11.0 Å². The van der Waals surface area contributed by atoms with Crippen LogP contribution < -0.4 is 0 Å². The summed E-state index contributed by atoms with van der Waals surface area (Å²) in [4.78, 5) is 6.37. The fourth-order valence-corrected chi connectivity index (χ4v) is 4.53. The Hall–Kier alpha value is -0.0800. The van der Waals surface area contributed by atoms with Gasteiger partial charge in [-0.25, -0.2) is 0 Å². The number of hydroxylamine groups is 2. The van der Waals surface area contributed by atoms with Gasteiger partial charge in [0.25, 0.3) is 0 Å². The lowest BCUT2D eigenvalue weighted by Crippen LogP contribution is -2.44. The highest BCUT2D eigenvalue weighted by Gasteiger charge is 2.83. The maximum Gasteiger partial charge on any atom is 0.0976 e. The first-order valence-corrected chi connectivity index (χ1v) is 6.48. The standard InChI is InChI=1S/C13H21NO/c1-11(2,3)14-10-5-4-9-8-13(9,10)12(15-14)6-7-12/h9-10H,4-8H2,1-3H3/t9-,10-,13+/m0/s1. The Morgan fingerprint density at radius 2 is 1.93 bits per heavy atom. The van der Waals surface area contributed by atoms with Crippen LogP contribution in [0.1, 0.15) is 52.9 Å². The molecule has 0 unspecified atom stereocenters. The van der Waals surface area contributed by atoms with Crippen LogP contribution in [0.25, 0.3) is 0 Å². The molecule has 4 rings (SSSR count). The van der Waals surface area contributed by atoms with Crippen molar-refractivity contribution in [3.05, 3.63) is 0 Å². The average molecular weight is 207 g/mol. The van der Waals surface area contributed by atoms with E-state index in [-0.39, 0.29) is 5.54 Å². The van der Waals surface area contributed by atoms with Gasteiger partial charge in [0.2, 0.25) is 0 Å². The molecule has 2 spiro atoms. The third-order valence-corrected chi connectivity index (χ3v) is 5.31. The van der Waals surface area contributed by atoms with Crippen molar-refractivity contribution in [1.29, 1.82) is 0 Å². The molecule has 15 heavy (non-hydrogen) atoms. The zero-order chi connectivity index (χ0) is 10.5. The summed E-state index contributed by atoms with van der Waals surface area (Å²) in [6.45, 7) is 6.87. The number of nitrogens with zero attached hydrogens (tertiary/aromatic N) is 1. The summed E-state index contributed by atoms with van der Waals surface area (Å²) in [6, 6.07) is 0.741. The van der Waals surface area contributed by atoms with E-state index in [1.54, 1.807) is 0 Å². The maximum absolute atomic E-state index is 6.37. The van der Waals surface area contributed by atoms with Gasteiger partial charge < -0.3 is 0 Å². The van der Waals surface area contributed by atoms with Crippen molar-refractivity contribution in [2.24, 2.45) is 11.3 Å². The lowest BCUT2D eigenvalue weighted by molar-refractivity contribution is -0.222.